The van der Waals surface area contributed by atoms with Gasteiger partial charge in [-0.15, -0.1) is 0 Å². The van der Waals surface area contributed by atoms with E-state index in [4.69, 9.17) is 0 Å². The van der Waals surface area contributed by atoms with Crippen LogP contribution in [0.15, 0.2) is 30.7 Å². The molecule has 0 N–H and O–H groups in total. The number of rotatable bonds is 5. The van der Waals surface area contributed by atoms with Crippen LogP contribution in [0.5, 0.6) is 0 Å². The number of pyridine rings is 1. The first-order valence-corrected chi connectivity index (χ1v) is 6.23. The number of aromatic nitrogens is 3. The Morgan fingerprint density at radius 2 is 2.24 bits per heavy atom. The number of nitrogens with zero attached hydrogens (tertiary/aromatic N) is 4. The molecule has 110 valence electrons. The van der Waals surface area contributed by atoms with Crippen LogP contribution in [0.1, 0.15) is 12.5 Å². The first-order valence-electron chi connectivity index (χ1n) is 6.23. The van der Waals surface area contributed by atoms with E-state index in [-0.39, 0.29) is 17.6 Å². The predicted molar refractivity (Wildman–Crippen MR) is 72.9 cm³/mol. The van der Waals surface area contributed by atoms with Crippen LogP contribution in [0.25, 0.3) is 5.82 Å². The van der Waals surface area contributed by atoms with Gasteiger partial charge in [-0.1, -0.05) is 6.92 Å². The molecule has 0 saturated carbocycles. The van der Waals surface area contributed by atoms with Gasteiger partial charge in [0.2, 0.25) is 0 Å². The van der Waals surface area contributed by atoms with Crippen LogP contribution < -0.4 is 0 Å². The minimum atomic E-state index is -0.511. The van der Waals surface area contributed by atoms with E-state index in [9.17, 15) is 14.9 Å². The van der Waals surface area contributed by atoms with Gasteiger partial charge in [-0.05, 0) is 18.1 Å². The molecular formula is C13H14N4O4. The van der Waals surface area contributed by atoms with E-state index in [1.807, 2.05) is 0 Å². The molecule has 0 bridgehead atoms. The van der Waals surface area contributed by atoms with Gasteiger partial charge in [0.15, 0.2) is 5.82 Å². The molecule has 21 heavy (non-hydrogen) atoms. The zero-order valence-electron chi connectivity index (χ0n) is 11.6. The van der Waals surface area contributed by atoms with Gasteiger partial charge in [0, 0.05) is 12.3 Å². The van der Waals surface area contributed by atoms with E-state index in [0.29, 0.717) is 12.2 Å². The van der Waals surface area contributed by atoms with E-state index >= 15 is 0 Å². The summed E-state index contributed by atoms with van der Waals surface area (Å²) in [5.74, 6) is -0.0775. The quantitative estimate of drug-likeness (QED) is 0.470. The lowest BCUT2D eigenvalue weighted by Gasteiger charge is -2.06. The van der Waals surface area contributed by atoms with E-state index < -0.39 is 4.92 Å². The fourth-order valence-corrected chi connectivity index (χ4v) is 1.85. The van der Waals surface area contributed by atoms with Crippen molar-refractivity contribution in [1.29, 1.82) is 0 Å². The van der Waals surface area contributed by atoms with Crippen LogP contribution in [0, 0.1) is 16.0 Å². The van der Waals surface area contributed by atoms with E-state index in [2.05, 4.69) is 14.8 Å². The molecule has 0 aliphatic carbocycles. The fourth-order valence-electron chi connectivity index (χ4n) is 1.85. The maximum absolute atomic E-state index is 11.4. The van der Waals surface area contributed by atoms with E-state index in [1.165, 1.54) is 30.1 Å². The Labute approximate surface area is 120 Å². The van der Waals surface area contributed by atoms with E-state index in [0.717, 1.165) is 5.56 Å². The highest BCUT2D eigenvalue weighted by Gasteiger charge is 2.15. The summed E-state index contributed by atoms with van der Waals surface area (Å²) in [4.78, 5) is 25.4. The van der Waals surface area contributed by atoms with Crippen LogP contribution in [-0.4, -0.2) is 32.8 Å². The zero-order chi connectivity index (χ0) is 15.4. The summed E-state index contributed by atoms with van der Waals surface area (Å²) in [5.41, 5.74) is 0.776. The van der Waals surface area contributed by atoms with Gasteiger partial charge in [0.1, 0.15) is 6.20 Å². The smallest absolute Gasteiger partial charge is 0.308 e. The number of esters is 1. The summed E-state index contributed by atoms with van der Waals surface area (Å²) < 4.78 is 6.17. The Kier molecular flexibility index (Phi) is 4.27. The molecule has 0 aliphatic heterocycles. The number of methoxy groups -OCH3 is 1. The van der Waals surface area contributed by atoms with Crippen LogP contribution in [0.2, 0.25) is 0 Å². The third-order valence-electron chi connectivity index (χ3n) is 2.96. The minimum absolute atomic E-state index is 0.0783. The van der Waals surface area contributed by atoms with Crippen LogP contribution >= 0.6 is 0 Å². The summed E-state index contributed by atoms with van der Waals surface area (Å²) in [6, 6.07) is 2.87. The monoisotopic (exact) mass is 290 g/mol. The Bertz CT molecular complexity index is 650. The van der Waals surface area contributed by atoms with Crippen LogP contribution in [0.3, 0.4) is 0 Å². The number of hydrogen-bond donors (Lipinski definition) is 0. The van der Waals surface area contributed by atoms with Crippen molar-refractivity contribution in [1.82, 2.24) is 14.8 Å². The van der Waals surface area contributed by atoms with Gasteiger partial charge in [-0.2, -0.15) is 5.10 Å². The first kappa shape index (κ1) is 14.6. The molecule has 0 aliphatic rings. The summed E-state index contributed by atoms with van der Waals surface area (Å²) in [5, 5.41) is 14.7. The number of carbonyl (C=O) groups is 1. The molecule has 8 heteroatoms. The summed E-state index contributed by atoms with van der Waals surface area (Å²) in [7, 11) is 1.35. The highest BCUT2D eigenvalue weighted by atomic mass is 16.6. The molecule has 0 saturated heterocycles. The number of hydrogen-bond acceptors (Lipinski definition) is 6. The lowest BCUT2D eigenvalue weighted by Crippen LogP contribution is -2.14. The molecule has 1 atom stereocenters. The molecule has 8 nitrogen and oxygen atoms in total. The number of carbonyl (C=O) groups excluding carboxylic acids is 1. The summed E-state index contributed by atoms with van der Waals surface area (Å²) in [6.45, 7) is 1.77. The van der Waals surface area contributed by atoms with Gasteiger partial charge in [0.05, 0.1) is 24.1 Å². The molecule has 0 radical (unpaired) electrons. The average Bonchev–Trinajstić information content (AvgIpc) is 2.94. The highest BCUT2D eigenvalue weighted by molar-refractivity contribution is 5.72. The van der Waals surface area contributed by atoms with Gasteiger partial charge >= 0.3 is 5.97 Å². The van der Waals surface area contributed by atoms with Crippen molar-refractivity contribution < 1.29 is 14.5 Å². The predicted octanol–water partition coefficient (Wildman–Crippen LogP) is 1.53. The second kappa shape index (κ2) is 6.12. The van der Waals surface area contributed by atoms with Crippen LogP contribution in [0.4, 0.5) is 5.69 Å². The molecular weight excluding hydrogens is 276 g/mol. The Morgan fingerprint density at radius 1 is 1.48 bits per heavy atom. The summed E-state index contributed by atoms with van der Waals surface area (Å²) in [6.07, 6.45) is 5.03. The van der Waals surface area contributed by atoms with Gasteiger partial charge < -0.3 is 4.74 Å². The maximum Gasteiger partial charge on any atom is 0.308 e. The summed E-state index contributed by atoms with van der Waals surface area (Å²) >= 11 is 0. The molecule has 2 rings (SSSR count). The third-order valence-corrected chi connectivity index (χ3v) is 2.96. The Balaban J connectivity index is 2.12. The lowest BCUT2D eigenvalue weighted by molar-refractivity contribution is -0.385. The third kappa shape index (κ3) is 3.41. The standard InChI is InChI=1S/C13H14N4O4/c1-9(13(18)21-2)5-10-6-15-16(8-10)12-4-3-11(7-14-12)17(19)20/h3-4,6-9H,5H2,1-2H3. The van der Waals surface area contributed by atoms with Crippen molar-refractivity contribution in [3.63, 3.8) is 0 Å². The van der Waals surface area contributed by atoms with Gasteiger partial charge in [-0.3, -0.25) is 14.9 Å². The molecule has 0 aromatic carbocycles. The number of nitro groups is 1. The Hall–Kier alpha value is -2.77. The molecule has 1 unspecified atom stereocenters. The van der Waals surface area contributed by atoms with Gasteiger partial charge in [-0.25, -0.2) is 9.67 Å². The van der Waals surface area contributed by atoms with Crippen molar-refractivity contribution >= 4 is 11.7 Å². The zero-order valence-corrected chi connectivity index (χ0v) is 11.6. The van der Waals surface area contributed by atoms with Gasteiger partial charge in [0.25, 0.3) is 5.69 Å². The first-order chi connectivity index (χ1) is 10.0. The van der Waals surface area contributed by atoms with Crippen molar-refractivity contribution in [3.8, 4) is 5.82 Å². The maximum atomic E-state index is 11.4. The fraction of sp³-hybridized carbons (Fsp3) is 0.308. The second-order valence-electron chi connectivity index (χ2n) is 4.55. The van der Waals surface area contributed by atoms with E-state index in [1.54, 1.807) is 19.3 Å². The van der Waals surface area contributed by atoms with Crippen LogP contribution in [-0.2, 0) is 16.0 Å². The minimum Gasteiger partial charge on any atom is -0.469 e. The molecule has 2 aromatic rings. The normalized spacial score (nSPS) is 11.9. The van der Waals surface area contributed by atoms with Crippen molar-refractivity contribution in [2.75, 3.05) is 7.11 Å². The largest absolute Gasteiger partial charge is 0.469 e. The number of ether oxygens (including phenoxy) is 1. The van der Waals surface area contributed by atoms with Crippen molar-refractivity contribution in [2.24, 2.45) is 5.92 Å². The van der Waals surface area contributed by atoms with Crippen molar-refractivity contribution in [2.45, 2.75) is 13.3 Å². The topological polar surface area (TPSA) is 100 Å². The van der Waals surface area contributed by atoms with Crippen molar-refractivity contribution in [3.05, 3.63) is 46.4 Å². The highest BCUT2D eigenvalue weighted by Crippen LogP contribution is 2.14. The average molecular weight is 290 g/mol. The molecule has 0 fully saturated rings. The molecule has 0 spiro atoms. The molecule has 2 heterocycles. The molecule has 2 aromatic heterocycles. The lowest BCUT2D eigenvalue weighted by atomic mass is 10.0. The second-order valence-corrected chi connectivity index (χ2v) is 4.55. The molecule has 0 amide bonds. The SMILES string of the molecule is COC(=O)C(C)Cc1cnn(-c2ccc([N+](=O)[O-])cn2)c1. The Morgan fingerprint density at radius 3 is 2.81 bits per heavy atom.